The van der Waals surface area contributed by atoms with Crippen LogP contribution in [0.4, 0.5) is 16.2 Å². The van der Waals surface area contributed by atoms with Gasteiger partial charge in [-0.25, -0.2) is 0 Å². The van der Waals surface area contributed by atoms with Gasteiger partial charge >= 0.3 is 0 Å². The van der Waals surface area contributed by atoms with Gasteiger partial charge in [0.2, 0.25) is 0 Å². The number of amides is 1. The highest BCUT2D eigenvalue weighted by Gasteiger charge is 2.13. The van der Waals surface area contributed by atoms with Crippen LogP contribution in [-0.4, -0.2) is 15.3 Å². The second-order valence-electron chi connectivity index (χ2n) is 4.24. The number of phenolic OH excluding ortho intramolecular Hbond substituents is 1. The van der Waals surface area contributed by atoms with Gasteiger partial charge in [-0.2, -0.15) is 0 Å². The van der Waals surface area contributed by atoms with Gasteiger partial charge in [-0.1, -0.05) is 18.2 Å². The Kier molecular flexibility index (Phi) is 4.44. The molecule has 0 heterocycles. The van der Waals surface area contributed by atoms with Crippen LogP contribution in [-0.2, 0) is 0 Å². The van der Waals surface area contributed by atoms with Crippen molar-refractivity contribution < 1.29 is 14.8 Å². The van der Waals surface area contributed by atoms with Crippen LogP contribution >= 0.6 is 11.8 Å². The van der Waals surface area contributed by atoms with Crippen molar-refractivity contribution in [2.24, 2.45) is 0 Å². The number of aromatic hydroxyl groups is 1. The number of aryl methyl sites for hydroxylation is 1. The van der Waals surface area contributed by atoms with Crippen LogP contribution in [0.25, 0.3) is 0 Å². The maximum atomic E-state index is 11.9. The zero-order valence-corrected chi connectivity index (χ0v) is 11.9. The summed E-state index contributed by atoms with van der Waals surface area (Å²) in [5.74, 6) is 0.00779. The summed E-state index contributed by atoms with van der Waals surface area (Å²) >= 11 is 0.818. The average molecular weight is 304 g/mol. The first-order valence-electron chi connectivity index (χ1n) is 5.99. The Bertz CT molecular complexity index is 703. The molecule has 7 heteroatoms. The molecule has 2 N–H and O–H groups in total. The highest BCUT2D eigenvalue weighted by molar-refractivity contribution is 8.14. The fraction of sp³-hybridized carbons (Fsp3) is 0.0714. The summed E-state index contributed by atoms with van der Waals surface area (Å²) in [6.07, 6.45) is 0. The zero-order valence-electron chi connectivity index (χ0n) is 11.1. The number of thioether (sulfide) groups is 1. The molecule has 0 fully saturated rings. The SMILES string of the molecule is Cc1ccc([N+](=O)[O-])cc1NC(=O)Sc1ccccc1O. The van der Waals surface area contributed by atoms with Crippen LogP contribution in [0.5, 0.6) is 5.75 Å². The van der Waals surface area contributed by atoms with Crippen molar-refractivity contribution >= 4 is 28.4 Å². The van der Waals surface area contributed by atoms with E-state index in [0.29, 0.717) is 16.1 Å². The molecule has 0 aliphatic carbocycles. The number of carbonyl (C=O) groups is 1. The second kappa shape index (κ2) is 6.27. The number of benzene rings is 2. The van der Waals surface area contributed by atoms with E-state index in [1.807, 2.05) is 0 Å². The minimum atomic E-state index is -0.523. The standard InChI is InChI=1S/C14H12N2O4S/c1-9-6-7-10(16(19)20)8-11(9)15-14(18)21-13-5-3-2-4-12(13)17/h2-8,17H,1H3,(H,15,18). The lowest BCUT2D eigenvalue weighted by Crippen LogP contribution is -2.06. The number of anilines is 1. The highest BCUT2D eigenvalue weighted by atomic mass is 32.2. The number of non-ortho nitro benzene ring substituents is 1. The minimum Gasteiger partial charge on any atom is -0.507 e. The summed E-state index contributed by atoms with van der Waals surface area (Å²) in [7, 11) is 0. The molecular formula is C14H12N2O4S. The van der Waals surface area contributed by atoms with E-state index in [-0.39, 0.29) is 11.4 Å². The van der Waals surface area contributed by atoms with E-state index in [1.54, 1.807) is 31.2 Å². The van der Waals surface area contributed by atoms with Gasteiger partial charge in [0, 0.05) is 12.1 Å². The van der Waals surface area contributed by atoms with Crippen LogP contribution in [0.2, 0.25) is 0 Å². The third kappa shape index (κ3) is 3.73. The molecule has 21 heavy (non-hydrogen) atoms. The molecule has 0 aliphatic heterocycles. The van der Waals surface area contributed by atoms with Gasteiger partial charge in [-0.05, 0) is 36.4 Å². The molecule has 0 radical (unpaired) electrons. The maximum absolute atomic E-state index is 11.9. The first-order chi connectivity index (χ1) is 9.97. The summed E-state index contributed by atoms with van der Waals surface area (Å²) in [6.45, 7) is 1.74. The molecule has 0 unspecified atom stereocenters. The number of rotatable bonds is 3. The Morgan fingerprint density at radius 1 is 1.29 bits per heavy atom. The molecule has 0 bridgehead atoms. The van der Waals surface area contributed by atoms with Crippen LogP contribution in [0, 0.1) is 17.0 Å². The molecule has 1 amide bonds. The number of hydrogen-bond donors (Lipinski definition) is 2. The molecule has 6 nitrogen and oxygen atoms in total. The average Bonchev–Trinajstić information content (AvgIpc) is 2.43. The molecule has 0 saturated carbocycles. The Balaban J connectivity index is 2.15. The van der Waals surface area contributed by atoms with Gasteiger partial charge < -0.3 is 10.4 Å². The van der Waals surface area contributed by atoms with Crippen LogP contribution in [0.15, 0.2) is 47.4 Å². The van der Waals surface area contributed by atoms with Crippen molar-refractivity contribution in [3.63, 3.8) is 0 Å². The first-order valence-corrected chi connectivity index (χ1v) is 6.81. The number of carbonyl (C=O) groups excluding carboxylic acids is 1. The first kappa shape index (κ1) is 14.9. The van der Waals surface area contributed by atoms with Crippen molar-refractivity contribution in [1.82, 2.24) is 0 Å². The van der Waals surface area contributed by atoms with E-state index in [2.05, 4.69) is 5.32 Å². The van der Waals surface area contributed by atoms with E-state index in [4.69, 9.17) is 0 Å². The topological polar surface area (TPSA) is 92.5 Å². The summed E-state index contributed by atoms with van der Waals surface area (Å²) in [5, 5.41) is 22.5. The molecule has 0 spiro atoms. The molecule has 0 atom stereocenters. The summed E-state index contributed by atoms with van der Waals surface area (Å²) < 4.78 is 0. The quantitative estimate of drug-likeness (QED) is 0.509. The third-order valence-corrected chi connectivity index (χ3v) is 3.59. The van der Waals surface area contributed by atoms with Gasteiger partial charge in [0.25, 0.3) is 10.9 Å². The summed E-state index contributed by atoms with van der Waals surface area (Å²) in [6, 6.07) is 10.7. The number of nitrogens with zero attached hydrogens (tertiary/aromatic N) is 1. The zero-order chi connectivity index (χ0) is 15.4. The van der Waals surface area contributed by atoms with Gasteiger partial charge in [-0.15, -0.1) is 0 Å². The lowest BCUT2D eigenvalue weighted by Gasteiger charge is -2.08. The van der Waals surface area contributed by atoms with Gasteiger partial charge in [0.1, 0.15) is 5.75 Å². The Morgan fingerprint density at radius 3 is 2.67 bits per heavy atom. The lowest BCUT2D eigenvalue weighted by molar-refractivity contribution is -0.384. The number of nitro groups is 1. The number of nitrogens with one attached hydrogen (secondary N) is 1. The molecule has 2 aromatic carbocycles. The monoisotopic (exact) mass is 304 g/mol. The summed E-state index contributed by atoms with van der Waals surface area (Å²) in [5.41, 5.74) is 0.993. The van der Waals surface area contributed by atoms with E-state index in [9.17, 15) is 20.0 Å². The molecule has 2 aromatic rings. The Morgan fingerprint density at radius 2 is 2.00 bits per heavy atom. The van der Waals surface area contributed by atoms with Crippen molar-refractivity contribution in [3.05, 3.63) is 58.1 Å². The Hall–Kier alpha value is -2.54. The molecule has 2 rings (SSSR count). The van der Waals surface area contributed by atoms with Crippen LogP contribution < -0.4 is 5.32 Å². The van der Waals surface area contributed by atoms with Gasteiger partial charge in [0.15, 0.2) is 0 Å². The largest absolute Gasteiger partial charge is 0.507 e. The summed E-state index contributed by atoms with van der Waals surface area (Å²) in [4.78, 5) is 22.6. The number of phenols is 1. The van der Waals surface area contributed by atoms with E-state index < -0.39 is 10.2 Å². The van der Waals surface area contributed by atoms with Gasteiger partial charge in [0.05, 0.1) is 15.5 Å². The predicted octanol–water partition coefficient (Wildman–Crippen LogP) is 3.93. The highest BCUT2D eigenvalue weighted by Crippen LogP contribution is 2.30. The molecule has 0 aliphatic rings. The van der Waals surface area contributed by atoms with Crippen LogP contribution in [0.1, 0.15) is 5.56 Å². The van der Waals surface area contributed by atoms with Crippen LogP contribution in [0.3, 0.4) is 0 Å². The number of hydrogen-bond acceptors (Lipinski definition) is 5. The van der Waals surface area contributed by atoms with E-state index >= 15 is 0 Å². The molecule has 0 aromatic heterocycles. The number of para-hydroxylation sites is 1. The molecule has 108 valence electrons. The smallest absolute Gasteiger partial charge is 0.288 e. The molecule has 0 saturated heterocycles. The van der Waals surface area contributed by atoms with E-state index in [0.717, 1.165) is 11.8 Å². The Labute approximate surface area is 125 Å². The minimum absolute atomic E-state index is 0.00779. The van der Waals surface area contributed by atoms with Crippen molar-refractivity contribution in [3.8, 4) is 5.75 Å². The fourth-order valence-corrected chi connectivity index (χ4v) is 2.32. The van der Waals surface area contributed by atoms with Crippen molar-refractivity contribution in [2.75, 3.05) is 5.32 Å². The fourth-order valence-electron chi connectivity index (χ4n) is 1.64. The molecular weight excluding hydrogens is 292 g/mol. The van der Waals surface area contributed by atoms with E-state index in [1.165, 1.54) is 18.2 Å². The second-order valence-corrected chi connectivity index (χ2v) is 5.25. The van der Waals surface area contributed by atoms with Crippen molar-refractivity contribution in [2.45, 2.75) is 11.8 Å². The van der Waals surface area contributed by atoms with Crippen molar-refractivity contribution in [1.29, 1.82) is 0 Å². The lowest BCUT2D eigenvalue weighted by atomic mass is 10.2. The maximum Gasteiger partial charge on any atom is 0.288 e. The van der Waals surface area contributed by atoms with Gasteiger partial charge in [-0.3, -0.25) is 14.9 Å². The number of nitro benzene ring substituents is 1. The normalized spacial score (nSPS) is 10.1. The third-order valence-electron chi connectivity index (χ3n) is 2.74. The predicted molar refractivity (Wildman–Crippen MR) is 80.8 cm³/mol.